The van der Waals surface area contributed by atoms with Crippen LogP contribution in [0.2, 0.25) is 0 Å². The largest absolute Gasteiger partial charge is 0.433 e. The third-order valence-electron chi connectivity index (χ3n) is 4.81. The highest BCUT2D eigenvalue weighted by atomic mass is 19.4. The van der Waals surface area contributed by atoms with Crippen molar-refractivity contribution in [1.29, 1.82) is 0 Å². The number of alkyl halides is 3. The summed E-state index contributed by atoms with van der Waals surface area (Å²) in [5.74, 6) is 2.05. The summed E-state index contributed by atoms with van der Waals surface area (Å²) in [6.45, 7) is 3.71. The maximum atomic E-state index is 13.0. The summed E-state index contributed by atoms with van der Waals surface area (Å²) in [6, 6.07) is 8.15. The Bertz CT molecular complexity index is 719. The Morgan fingerprint density at radius 3 is 2.65 bits per heavy atom. The van der Waals surface area contributed by atoms with Gasteiger partial charge in [-0.2, -0.15) is 13.2 Å². The summed E-state index contributed by atoms with van der Waals surface area (Å²) >= 11 is 0. The minimum absolute atomic E-state index is 0.319. The van der Waals surface area contributed by atoms with E-state index < -0.39 is 11.9 Å². The van der Waals surface area contributed by atoms with E-state index >= 15 is 0 Å². The molecule has 1 aliphatic heterocycles. The van der Waals surface area contributed by atoms with E-state index in [9.17, 15) is 13.2 Å². The molecule has 1 aromatic carbocycles. The van der Waals surface area contributed by atoms with Gasteiger partial charge in [0, 0.05) is 31.6 Å². The number of aromatic nitrogens is 1. The number of pyridine rings is 1. The first-order chi connectivity index (χ1) is 11.0. The van der Waals surface area contributed by atoms with Gasteiger partial charge in [-0.1, -0.05) is 24.3 Å². The van der Waals surface area contributed by atoms with E-state index in [-0.39, 0.29) is 0 Å². The van der Waals surface area contributed by atoms with Gasteiger partial charge in [0.25, 0.3) is 0 Å². The summed E-state index contributed by atoms with van der Waals surface area (Å²) in [6.07, 6.45) is -3.08. The number of hydrogen-bond acceptors (Lipinski definition) is 3. The van der Waals surface area contributed by atoms with Crippen LogP contribution in [-0.2, 0) is 6.18 Å². The molecule has 0 amide bonds. The summed E-state index contributed by atoms with van der Waals surface area (Å²) < 4.78 is 39.0. The molecule has 1 saturated heterocycles. The number of piperidine rings is 1. The zero-order valence-corrected chi connectivity index (χ0v) is 12.6. The van der Waals surface area contributed by atoms with Crippen LogP contribution >= 0.6 is 0 Å². The first-order valence-electron chi connectivity index (χ1n) is 7.94. The molecule has 2 unspecified atom stereocenters. The minimum atomic E-state index is -4.43. The fraction of sp³-hybridized carbons (Fsp3) is 0.471. The third-order valence-corrected chi connectivity index (χ3v) is 4.81. The zero-order chi connectivity index (χ0) is 16.0. The molecule has 0 spiro atoms. The normalized spacial score (nSPS) is 24.0. The lowest BCUT2D eigenvalue weighted by Crippen LogP contribution is -2.28. The van der Waals surface area contributed by atoms with E-state index in [1.807, 2.05) is 6.07 Å². The van der Waals surface area contributed by atoms with Crippen LogP contribution < -0.4 is 5.32 Å². The van der Waals surface area contributed by atoms with Crippen LogP contribution in [0.3, 0.4) is 0 Å². The molecule has 122 valence electrons. The summed E-state index contributed by atoms with van der Waals surface area (Å²) in [5, 5.41) is 4.39. The molecule has 0 bridgehead atoms. The molecule has 2 aromatic rings. The topological polar surface area (TPSA) is 28.2 Å². The number of rotatable bonds is 4. The average Bonchev–Trinajstić information content (AvgIpc) is 3.13. The summed E-state index contributed by atoms with van der Waals surface area (Å²) in [5.41, 5.74) is -0.846. The Kier molecular flexibility index (Phi) is 3.44. The van der Waals surface area contributed by atoms with Crippen molar-refractivity contribution in [3.8, 4) is 0 Å². The second kappa shape index (κ2) is 5.37. The lowest BCUT2D eigenvalue weighted by Gasteiger charge is -2.18. The molecule has 23 heavy (non-hydrogen) atoms. The Morgan fingerprint density at radius 1 is 1.17 bits per heavy atom. The van der Waals surface area contributed by atoms with Crippen molar-refractivity contribution in [3.05, 3.63) is 36.0 Å². The van der Waals surface area contributed by atoms with Gasteiger partial charge in [0.1, 0.15) is 11.5 Å². The van der Waals surface area contributed by atoms with Crippen LogP contribution in [0.15, 0.2) is 30.3 Å². The van der Waals surface area contributed by atoms with Crippen LogP contribution in [0.25, 0.3) is 10.8 Å². The molecule has 0 radical (unpaired) electrons. The zero-order valence-electron chi connectivity index (χ0n) is 12.6. The molecule has 3 nitrogen and oxygen atoms in total. The van der Waals surface area contributed by atoms with E-state index in [1.165, 1.54) is 6.42 Å². The fourth-order valence-electron chi connectivity index (χ4n) is 3.49. The second-order valence-corrected chi connectivity index (χ2v) is 6.52. The van der Waals surface area contributed by atoms with Crippen LogP contribution in [0.5, 0.6) is 0 Å². The lowest BCUT2D eigenvalue weighted by atomic mass is 10.1. The molecule has 2 aliphatic rings. The maximum absolute atomic E-state index is 13.0. The maximum Gasteiger partial charge on any atom is 0.433 e. The van der Waals surface area contributed by atoms with Crippen LogP contribution in [0.1, 0.15) is 12.1 Å². The van der Waals surface area contributed by atoms with Gasteiger partial charge in [0.2, 0.25) is 0 Å². The van der Waals surface area contributed by atoms with Gasteiger partial charge >= 0.3 is 6.18 Å². The fourth-order valence-corrected chi connectivity index (χ4v) is 3.49. The lowest BCUT2D eigenvalue weighted by molar-refractivity contribution is -0.140. The third kappa shape index (κ3) is 3.00. The number of likely N-dealkylation sites (tertiary alicyclic amines) is 1. The first kappa shape index (κ1) is 14.8. The quantitative estimate of drug-likeness (QED) is 0.932. The predicted octanol–water partition coefficient (Wildman–Crippen LogP) is 3.62. The minimum Gasteiger partial charge on any atom is -0.368 e. The second-order valence-electron chi connectivity index (χ2n) is 6.52. The molecular weight excluding hydrogens is 303 g/mol. The van der Waals surface area contributed by atoms with Crippen LogP contribution in [-0.4, -0.2) is 36.1 Å². The van der Waals surface area contributed by atoms with Crippen LogP contribution in [0, 0.1) is 11.8 Å². The Morgan fingerprint density at radius 2 is 1.91 bits per heavy atom. The number of halogens is 3. The molecule has 1 saturated carbocycles. The average molecular weight is 321 g/mol. The molecule has 1 N–H and O–H groups in total. The highest BCUT2D eigenvalue weighted by Gasteiger charge is 2.44. The summed E-state index contributed by atoms with van der Waals surface area (Å²) in [4.78, 5) is 6.18. The molecule has 6 heteroatoms. The van der Waals surface area contributed by atoms with E-state index in [0.29, 0.717) is 17.7 Å². The molecular formula is C17H18F3N3. The first-order valence-corrected chi connectivity index (χ1v) is 7.94. The van der Waals surface area contributed by atoms with E-state index in [1.54, 1.807) is 18.2 Å². The number of fused-ring (bicyclic) bond motifs is 2. The Balaban J connectivity index is 1.52. The highest BCUT2D eigenvalue weighted by molar-refractivity contribution is 5.92. The number of nitrogens with zero attached hydrogens (tertiary/aromatic N) is 2. The van der Waals surface area contributed by atoms with Crippen molar-refractivity contribution >= 4 is 16.6 Å². The van der Waals surface area contributed by atoms with Crippen molar-refractivity contribution in [2.24, 2.45) is 11.8 Å². The molecule has 4 rings (SSSR count). The SMILES string of the molecule is FC(F)(F)c1cc2ccccc2c(NCCN2CC3CC3C2)n1. The van der Waals surface area contributed by atoms with Crippen molar-refractivity contribution in [2.75, 3.05) is 31.5 Å². The molecule has 2 fully saturated rings. The van der Waals surface area contributed by atoms with E-state index in [2.05, 4.69) is 15.2 Å². The van der Waals surface area contributed by atoms with Gasteiger partial charge in [-0.05, 0) is 29.7 Å². The highest BCUT2D eigenvalue weighted by Crippen LogP contribution is 2.44. The summed E-state index contributed by atoms with van der Waals surface area (Å²) in [7, 11) is 0. The van der Waals surface area contributed by atoms with Gasteiger partial charge in [0.05, 0.1) is 0 Å². The van der Waals surface area contributed by atoms with Crippen molar-refractivity contribution in [3.63, 3.8) is 0 Å². The number of hydrogen-bond donors (Lipinski definition) is 1. The molecule has 1 aromatic heterocycles. The standard InChI is InChI=1S/C17H18F3N3/c18-17(19,20)15-8-11-3-1-2-4-14(11)16(22-15)21-5-6-23-9-12-7-13(12)10-23/h1-4,8,12-13H,5-7,9-10H2,(H,21,22). The Labute approximate surface area is 132 Å². The van der Waals surface area contributed by atoms with Crippen molar-refractivity contribution < 1.29 is 13.2 Å². The van der Waals surface area contributed by atoms with Crippen molar-refractivity contribution in [1.82, 2.24) is 9.88 Å². The smallest absolute Gasteiger partial charge is 0.368 e. The van der Waals surface area contributed by atoms with Gasteiger partial charge in [-0.3, -0.25) is 0 Å². The van der Waals surface area contributed by atoms with Gasteiger partial charge < -0.3 is 10.2 Å². The van der Waals surface area contributed by atoms with Gasteiger partial charge in [-0.15, -0.1) is 0 Å². The number of anilines is 1. The monoisotopic (exact) mass is 321 g/mol. The van der Waals surface area contributed by atoms with E-state index in [0.717, 1.165) is 42.9 Å². The van der Waals surface area contributed by atoms with Gasteiger partial charge in [-0.25, -0.2) is 4.98 Å². The van der Waals surface area contributed by atoms with Crippen LogP contribution in [0.4, 0.5) is 19.0 Å². The van der Waals surface area contributed by atoms with E-state index in [4.69, 9.17) is 0 Å². The predicted molar refractivity (Wildman–Crippen MR) is 83.3 cm³/mol. The van der Waals surface area contributed by atoms with Crippen molar-refractivity contribution in [2.45, 2.75) is 12.6 Å². The number of nitrogens with one attached hydrogen (secondary N) is 1. The Hall–Kier alpha value is -1.82. The molecule has 2 atom stereocenters. The number of benzene rings is 1. The molecule has 1 aliphatic carbocycles. The van der Waals surface area contributed by atoms with Gasteiger partial charge in [0.15, 0.2) is 0 Å². The molecule has 2 heterocycles.